The first-order valence-electron chi connectivity index (χ1n) is 6.63. The number of rotatable bonds is 6. The van der Waals surface area contributed by atoms with Gasteiger partial charge in [0.05, 0.1) is 19.7 Å². The maximum Gasteiger partial charge on any atom is 0.137 e. The molecule has 0 spiro atoms. The molecule has 1 aromatic carbocycles. The van der Waals surface area contributed by atoms with Crippen molar-refractivity contribution in [3.63, 3.8) is 0 Å². The normalized spacial score (nSPS) is 13.4. The van der Waals surface area contributed by atoms with E-state index in [-0.39, 0.29) is 0 Å². The van der Waals surface area contributed by atoms with E-state index in [2.05, 4.69) is 23.1 Å². The van der Waals surface area contributed by atoms with Gasteiger partial charge in [-0.2, -0.15) is 10.4 Å². The Kier molecular flexibility index (Phi) is 4.36. The molecule has 1 heterocycles. The highest BCUT2D eigenvalue weighted by atomic mass is 16.5. The van der Waals surface area contributed by atoms with Crippen molar-refractivity contribution < 1.29 is 4.74 Å². The van der Waals surface area contributed by atoms with Crippen molar-refractivity contribution in [2.24, 2.45) is 0 Å². The van der Waals surface area contributed by atoms with Crippen LogP contribution < -0.4 is 4.74 Å². The monoisotopic (exact) mass is 270 g/mol. The first-order chi connectivity index (χ1) is 9.75. The lowest BCUT2D eigenvalue weighted by Gasteiger charge is -2.28. The van der Waals surface area contributed by atoms with E-state index in [0.717, 1.165) is 24.2 Å². The molecule has 0 saturated heterocycles. The molecule has 5 heteroatoms. The maximum atomic E-state index is 9.81. The van der Waals surface area contributed by atoms with E-state index in [9.17, 15) is 5.26 Å². The minimum Gasteiger partial charge on any atom is -0.496 e. The summed E-state index contributed by atoms with van der Waals surface area (Å²) in [4.78, 5) is 3.95. The van der Waals surface area contributed by atoms with Gasteiger partial charge in [0, 0.05) is 5.56 Å². The molecule has 0 radical (unpaired) electrons. The third-order valence-electron chi connectivity index (χ3n) is 3.41. The first-order valence-corrected chi connectivity index (χ1v) is 6.63. The Hall–Kier alpha value is -2.35. The molecule has 0 saturated carbocycles. The molecule has 0 bridgehead atoms. The minimum absolute atomic E-state index is 0.470. The maximum absolute atomic E-state index is 9.81. The first kappa shape index (κ1) is 14.1. The van der Waals surface area contributed by atoms with Crippen LogP contribution in [0.4, 0.5) is 0 Å². The van der Waals surface area contributed by atoms with Crippen molar-refractivity contribution >= 4 is 0 Å². The predicted molar refractivity (Wildman–Crippen MR) is 75.2 cm³/mol. The Labute approximate surface area is 118 Å². The summed E-state index contributed by atoms with van der Waals surface area (Å²) in [6.07, 6.45) is 4.76. The molecule has 1 atom stereocenters. The predicted octanol–water partition coefficient (Wildman–Crippen LogP) is 2.55. The van der Waals surface area contributed by atoms with E-state index < -0.39 is 5.41 Å². The number of ether oxygens (including phenoxy) is 1. The number of nitrogens with zero attached hydrogens (tertiary/aromatic N) is 4. The van der Waals surface area contributed by atoms with E-state index >= 15 is 0 Å². The number of aromatic nitrogens is 3. The quantitative estimate of drug-likeness (QED) is 0.809. The minimum atomic E-state index is -0.658. The van der Waals surface area contributed by atoms with E-state index in [1.807, 2.05) is 24.3 Å². The van der Waals surface area contributed by atoms with Crippen LogP contribution in [-0.4, -0.2) is 21.9 Å². The standard InChI is InChI=1S/C15H18N4O/c1-3-8-15(9-16,10-19-12-17-11-18-19)13-6-4-5-7-14(13)20-2/h4-7,11-12H,3,8,10H2,1-2H3. The van der Waals surface area contributed by atoms with E-state index in [1.165, 1.54) is 6.33 Å². The summed E-state index contributed by atoms with van der Waals surface area (Å²) < 4.78 is 7.12. The molecule has 0 aliphatic rings. The molecule has 0 aliphatic carbocycles. The van der Waals surface area contributed by atoms with Crippen molar-refractivity contribution in [3.05, 3.63) is 42.5 Å². The van der Waals surface area contributed by atoms with Gasteiger partial charge in [-0.1, -0.05) is 31.5 Å². The fourth-order valence-corrected chi connectivity index (χ4v) is 2.51. The van der Waals surface area contributed by atoms with Crippen LogP contribution in [0.3, 0.4) is 0 Å². The van der Waals surface area contributed by atoms with Crippen molar-refractivity contribution in [2.75, 3.05) is 7.11 Å². The average molecular weight is 270 g/mol. The summed E-state index contributed by atoms with van der Waals surface area (Å²) >= 11 is 0. The lowest BCUT2D eigenvalue weighted by molar-refractivity contribution is 0.361. The second kappa shape index (κ2) is 6.20. The Morgan fingerprint density at radius 2 is 2.20 bits per heavy atom. The summed E-state index contributed by atoms with van der Waals surface area (Å²) in [5.74, 6) is 0.739. The third kappa shape index (κ3) is 2.64. The van der Waals surface area contributed by atoms with Gasteiger partial charge in [-0.15, -0.1) is 0 Å². The van der Waals surface area contributed by atoms with Gasteiger partial charge in [0.1, 0.15) is 23.8 Å². The van der Waals surface area contributed by atoms with Gasteiger partial charge in [-0.05, 0) is 12.5 Å². The van der Waals surface area contributed by atoms with Crippen molar-refractivity contribution in [2.45, 2.75) is 31.7 Å². The molecular weight excluding hydrogens is 252 g/mol. The number of para-hydroxylation sites is 1. The zero-order chi connectivity index (χ0) is 14.4. The highest BCUT2D eigenvalue weighted by Gasteiger charge is 2.35. The Morgan fingerprint density at radius 1 is 1.40 bits per heavy atom. The van der Waals surface area contributed by atoms with Crippen LogP contribution in [0.2, 0.25) is 0 Å². The van der Waals surface area contributed by atoms with Gasteiger partial charge in [0.2, 0.25) is 0 Å². The van der Waals surface area contributed by atoms with Crippen LogP contribution in [-0.2, 0) is 12.0 Å². The zero-order valence-corrected chi connectivity index (χ0v) is 11.8. The van der Waals surface area contributed by atoms with Crippen LogP contribution in [0.1, 0.15) is 25.3 Å². The van der Waals surface area contributed by atoms with E-state index in [4.69, 9.17) is 4.74 Å². The third-order valence-corrected chi connectivity index (χ3v) is 3.41. The van der Waals surface area contributed by atoms with Crippen LogP contribution in [0.15, 0.2) is 36.9 Å². The van der Waals surface area contributed by atoms with Gasteiger partial charge in [0.25, 0.3) is 0 Å². The molecule has 2 aromatic rings. The van der Waals surface area contributed by atoms with Crippen molar-refractivity contribution in [1.29, 1.82) is 5.26 Å². The second-order valence-corrected chi connectivity index (χ2v) is 4.74. The van der Waals surface area contributed by atoms with Gasteiger partial charge in [0.15, 0.2) is 0 Å². The topological polar surface area (TPSA) is 63.7 Å². The van der Waals surface area contributed by atoms with Crippen LogP contribution in [0.5, 0.6) is 5.75 Å². The van der Waals surface area contributed by atoms with Gasteiger partial charge in [-0.25, -0.2) is 4.98 Å². The lowest BCUT2D eigenvalue weighted by atomic mass is 9.77. The Bertz CT molecular complexity index is 588. The number of hydrogen-bond donors (Lipinski definition) is 0. The molecule has 0 amide bonds. The summed E-state index contributed by atoms with van der Waals surface area (Å²) in [5.41, 5.74) is 0.247. The summed E-state index contributed by atoms with van der Waals surface area (Å²) in [6.45, 7) is 2.54. The summed E-state index contributed by atoms with van der Waals surface area (Å²) in [5, 5.41) is 13.9. The lowest BCUT2D eigenvalue weighted by Crippen LogP contribution is -2.31. The number of methoxy groups -OCH3 is 1. The highest BCUT2D eigenvalue weighted by Crippen LogP contribution is 2.36. The average Bonchev–Trinajstić information content (AvgIpc) is 2.99. The Morgan fingerprint density at radius 3 is 2.80 bits per heavy atom. The number of hydrogen-bond acceptors (Lipinski definition) is 4. The van der Waals surface area contributed by atoms with Crippen LogP contribution >= 0.6 is 0 Å². The fraction of sp³-hybridized carbons (Fsp3) is 0.400. The molecule has 1 aromatic heterocycles. The highest BCUT2D eigenvalue weighted by molar-refractivity contribution is 5.43. The molecule has 0 aliphatic heterocycles. The molecule has 0 fully saturated rings. The number of benzene rings is 1. The fourth-order valence-electron chi connectivity index (χ4n) is 2.51. The second-order valence-electron chi connectivity index (χ2n) is 4.74. The largest absolute Gasteiger partial charge is 0.496 e. The Balaban J connectivity index is 2.48. The van der Waals surface area contributed by atoms with Crippen molar-refractivity contribution in [1.82, 2.24) is 14.8 Å². The van der Waals surface area contributed by atoms with Crippen LogP contribution in [0.25, 0.3) is 0 Å². The van der Waals surface area contributed by atoms with Gasteiger partial charge in [-0.3, -0.25) is 4.68 Å². The van der Waals surface area contributed by atoms with E-state index in [1.54, 1.807) is 18.1 Å². The molecule has 2 rings (SSSR count). The molecule has 5 nitrogen and oxygen atoms in total. The summed E-state index contributed by atoms with van der Waals surface area (Å²) in [7, 11) is 1.63. The zero-order valence-electron chi connectivity index (χ0n) is 11.8. The smallest absolute Gasteiger partial charge is 0.137 e. The van der Waals surface area contributed by atoms with E-state index in [0.29, 0.717) is 6.54 Å². The van der Waals surface area contributed by atoms with Crippen LogP contribution in [0, 0.1) is 11.3 Å². The molecule has 0 N–H and O–H groups in total. The summed E-state index contributed by atoms with van der Waals surface area (Å²) in [6, 6.07) is 10.2. The molecule has 20 heavy (non-hydrogen) atoms. The van der Waals surface area contributed by atoms with Gasteiger partial charge >= 0.3 is 0 Å². The molecular formula is C15H18N4O. The molecule has 1 unspecified atom stereocenters. The molecule has 104 valence electrons. The van der Waals surface area contributed by atoms with Crippen molar-refractivity contribution in [3.8, 4) is 11.8 Å². The SMILES string of the molecule is CCCC(C#N)(Cn1cncn1)c1ccccc1OC. The van der Waals surface area contributed by atoms with Gasteiger partial charge < -0.3 is 4.74 Å². The number of nitriles is 1.